The largest absolute Gasteiger partial charge is 0.516 e. The zero-order valence-electron chi connectivity index (χ0n) is 8.86. The van der Waals surface area contributed by atoms with Gasteiger partial charge in [-0.15, -0.1) is 0 Å². The van der Waals surface area contributed by atoms with Gasteiger partial charge in [0.05, 0.1) is 6.26 Å². The molecule has 0 aromatic heterocycles. The first-order valence-corrected chi connectivity index (χ1v) is 3.73. The SMILES string of the molecule is C=C(C)C(=O)O.C=C(C)C(=O)O.C=CO. The highest BCUT2D eigenvalue weighted by Crippen LogP contribution is 1.81. The predicted molar refractivity (Wildman–Crippen MR) is 57.7 cm³/mol. The second-order valence-electron chi connectivity index (χ2n) is 2.35. The normalized spacial score (nSPS) is 6.80. The fourth-order valence-corrected chi connectivity index (χ4v) is 0. The number of hydrogen-bond donors (Lipinski definition) is 3. The van der Waals surface area contributed by atoms with Crippen LogP contribution in [0.25, 0.3) is 0 Å². The fourth-order valence-electron chi connectivity index (χ4n) is 0. The van der Waals surface area contributed by atoms with Crippen LogP contribution in [0.5, 0.6) is 0 Å². The molecule has 0 unspecified atom stereocenters. The lowest BCUT2D eigenvalue weighted by Crippen LogP contribution is -1.92. The van der Waals surface area contributed by atoms with E-state index in [1.54, 1.807) is 0 Å². The molecule has 0 aromatic rings. The second kappa shape index (κ2) is 12.0. The van der Waals surface area contributed by atoms with Crippen LogP contribution < -0.4 is 0 Å². The van der Waals surface area contributed by atoms with Gasteiger partial charge >= 0.3 is 11.9 Å². The molecule has 0 atom stereocenters. The number of rotatable bonds is 2. The standard InChI is InChI=1S/2C4H6O2.C2H4O/c2*1-3(2)4(5)6;1-2-3/h2*1H2,2H3,(H,5,6);2-3H,1H2. The van der Waals surface area contributed by atoms with Crippen LogP contribution in [0.1, 0.15) is 13.8 Å². The molecular formula is C10H16O5. The summed E-state index contributed by atoms with van der Waals surface area (Å²) < 4.78 is 0. The quantitative estimate of drug-likeness (QED) is 0.484. The predicted octanol–water partition coefficient (Wildman–Crippen LogP) is 1.98. The molecule has 3 N–H and O–H groups in total. The Morgan fingerprint density at radius 3 is 1.07 bits per heavy atom. The molecule has 0 spiro atoms. The van der Waals surface area contributed by atoms with E-state index in [0.29, 0.717) is 0 Å². The Hall–Kier alpha value is -2.04. The first-order valence-electron chi connectivity index (χ1n) is 3.73. The van der Waals surface area contributed by atoms with E-state index in [-0.39, 0.29) is 11.1 Å². The highest BCUT2D eigenvalue weighted by atomic mass is 16.4. The van der Waals surface area contributed by atoms with Crippen molar-refractivity contribution in [1.29, 1.82) is 0 Å². The second-order valence-corrected chi connectivity index (χ2v) is 2.35. The van der Waals surface area contributed by atoms with Crippen molar-refractivity contribution in [3.05, 3.63) is 37.1 Å². The van der Waals surface area contributed by atoms with Crippen LogP contribution in [0.3, 0.4) is 0 Å². The minimum absolute atomic E-state index is 0.176. The lowest BCUT2D eigenvalue weighted by molar-refractivity contribution is -0.133. The summed E-state index contributed by atoms with van der Waals surface area (Å²) in [5, 5.41) is 23.1. The van der Waals surface area contributed by atoms with Gasteiger partial charge in [0.2, 0.25) is 0 Å². The van der Waals surface area contributed by atoms with E-state index in [1.807, 2.05) is 0 Å². The molecule has 0 saturated carbocycles. The van der Waals surface area contributed by atoms with E-state index in [0.717, 1.165) is 6.26 Å². The van der Waals surface area contributed by atoms with Crippen molar-refractivity contribution in [2.75, 3.05) is 0 Å². The van der Waals surface area contributed by atoms with Gasteiger partial charge in [0.15, 0.2) is 0 Å². The highest BCUT2D eigenvalue weighted by molar-refractivity contribution is 5.85. The smallest absolute Gasteiger partial charge is 0.330 e. The first kappa shape index (κ1) is 18.7. The van der Waals surface area contributed by atoms with Gasteiger partial charge in [-0.3, -0.25) is 0 Å². The summed E-state index contributed by atoms with van der Waals surface area (Å²) in [5.74, 6) is -1.87. The molecule has 0 fully saturated rings. The van der Waals surface area contributed by atoms with Gasteiger partial charge in [-0.05, 0) is 13.8 Å². The third kappa shape index (κ3) is 33.4. The molecule has 0 aliphatic heterocycles. The Bertz CT molecular complexity index is 205. The Labute approximate surface area is 88.7 Å². The fraction of sp³-hybridized carbons (Fsp3) is 0.200. The van der Waals surface area contributed by atoms with Crippen molar-refractivity contribution in [1.82, 2.24) is 0 Å². The van der Waals surface area contributed by atoms with Gasteiger partial charge in [0, 0.05) is 11.1 Å². The maximum Gasteiger partial charge on any atom is 0.330 e. The number of aliphatic carboxylic acids is 2. The van der Waals surface area contributed by atoms with E-state index < -0.39 is 11.9 Å². The number of carboxylic acids is 2. The highest BCUT2D eigenvalue weighted by Gasteiger charge is 1.90. The van der Waals surface area contributed by atoms with Crippen molar-refractivity contribution in [2.24, 2.45) is 0 Å². The van der Waals surface area contributed by atoms with Crippen molar-refractivity contribution in [3.8, 4) is 0 Å². The van der Waals surface area contributed by atoms with E-state index >= 15 is 0 Å². The maximum absolute atomic E-state index is 9.60. The minimum Gasteiger partial charge on any atom is -0.516 e. The number of carbonyl (C=O) groups is 2. The summed E-state index contributed by atoms with van der Waals surface area (Å²) >= 11 is 0. The van der Waals surface area contributed by atoms with Crippen molar-refractivity contribution >= 4 is 11.9 Å². The molecule has 5 heteroatoms. The van der Waals surface area contributed by atoms with Gasteiger partial charge in [0.1, 0.15) is 0 Å². The summed E-state index contributed by atoms with van der Waals surface area (Å²) in [6.45, 7) is 12.1. The summed E-state index contributed by atoms with van der Waals surface area (Å²) in [7, 11) is 0. The molecular weight excluding hydrogens is 200 g/mol. The molecule has 0 heterocycles. The topological polar surface area (TPSA) is 94.8 Å². The summed E-state index contributed by atoms with van der Waals surface area (Å²) in [6.07, 6.45) is 0.750. The van der Waals surface area contributed by atoms with Gasteiger partial charge in [-0.25, -0.2) is 9.59 Å². The maximum atomic E-state index is 9.60. The molecule has 0 aliphatic rings. The molecule has 0 aromatic carbocycles. The van der Waals surface area contributed by atoms with E-state index in [2.05, 4.69) is 19.7 Å². The van der Waals surface area contributed by atoms with Gasteiger partial charge in [0.25, 0.3) is 0 Å². The van der Waals surface area contributed by atoms with Crippen molar-refractivity contribution in [3.63, 3.8) is 0 Å². The van der Waals surface area contributed by atoms with E-state index in [9.17, 15) is 9.59 Å². The average molecular weight is 216 g/mol. The van der Waals surface area contributed by atoms with Gasteiger partial charge < -0.3 is 15.3 Å². The monoisotopic (exact) mass is 216 g/mol. The number of aliphatic hydroxyl groups excluding tert-OH is 1. The Balaban J connectivity index is -0.000000153. The van der Waals surface area contributed by atoms with Crippen LogP contribution in [0.2, 0.25) is 0 Å². The first-order chi connectivity index (χ1) is 6.70. The molecule has 0 amide bonds. The lowest BCUT2D eigenvalue weighted by atomic mass is 10.4. The number of carboxylic acid groups (broad SMARTS) is 2. The van der Waals surface area contributed by atoms with Crippen LogP contribution in [0.4, 0.5) is 0 Å². The molecule has 86 valence electrons. The van der Waals surface area contributed by atoms with Crippen LogP contribution in [-0.2, 0) is 9.59 Å². The molecule has 0 radical (unpaired) electrons. The lowest BCUT2D eigenvalue weighted by Gasteiger charge is -1.79. The summed E-state index contributed by atoms with van der Waals surface area (Å²) in [5.41, 5.74) is 0.352. The van der Waals surface area contributed by atoms with Crippen LogP contribution in [-0.4, -0.2) is 27.3 Å². The Morgan fingerprint density at radius 1 is 1.00 bits per heavy atom. The van der Waals surface area contributed by atoms with Gasteiger partial charge in [-0.2, -0.15) is 0 Å². The van der Waals surface area contributed by atoms with Crippen molar-refractivity contribution < 1.29 is 24.9 Å². The zero-order chi connectivity index (χ0) is 13.0. The molecule has 0 aliphatic carbocycles. The Morgan fingerprint density at radius 2 is 1.07 bits per heavy atom. The van der Waals surface area contributed by atoms with E-state index in [4.69, 9.17) is 15.3 Å². The summed E-state index contributed by atoms with van der Waals surface area (Å²) in [4.78, 5) is 19.2. The third-order valence-corrected chi connectivity index (χ3v) is 0.730. The minimum atomic E-state index is -0.935. The molecule has 0 rings (SSSR count). The zero-order valence-corrected chi connectivity index (χ0v) is 8.86. The average Bonchev–Trinajstić information content (AvgIpc) is 2.06. The van der Waals surface area contributed by atoms with Gasteiger partial charge in [-0.1, -0.05) is 19.7 Å². The molecule has 0 saturated heterocycles. The third-order valence-electron chi connectivity index (χ3n) is 0.730. The van der Waals surface area contributed by atoms with Crippen LogP contribution >= 0.6 is 0 Å². The van der Waals surface area contributed by atoms with Crippen LogP contribution in [0, 0.1) is 0 Å². The Kier molecular flexibility index (Phi) is 14.9. The van der Waals surface area contributed by atoms with Crippen molar-refractivity contribution in [2.45, 2.75) is 13.8 Å². The molecule has 15 heavy (non-hydrogen) atoms. The molecule has 5 nitrogen and oxygen atoms in total. The van der Waals surface area contributed by atoms with E-state index in [1.165, 1.54) is 13.8 Å². The number of hydrogen-bond acceptors (Lipinski definition) is 3. The summed E-state index contributed by atoms with van der Waals surface area (Å²) in [6, 6.07) is 0. The van der Waals surface area contributed by atoms with Crippen LogP contribution in [0.15, 0.2) is 37.1 Å². The number of aliphatic hydroxyl groups is 1. The molecule has 0 bridgehead atoms.